The number of amides is 1. The zero-order valence-electron chi connectivity index (χ0n) is 20.2. The molecule has 3 aromatic rings. The number of hydrogen-bond donors (Lipinski definition) is 3. The fourth-order valence-corrected chi connectivity index (χ4v) is 4.76. The Morgan fingerprint density at radius 1 is 1.11 bits per heavy atom. The normalized spacial score (nSPS) is 11.7. The number of fused-ring (bicyclic) bond motifs is 1. The van der Waals surface area contributed by atoms with Crippen LogP contribution in [0.15, 0.2) is 59.6 Å². The van der Waals surface area contributed by atoms with Crippen molar-refractivity contribution in [1.82, 2.24) is 20.3 Å². The van der Waals surface area contributed by atoms with Crippen molar-refractivity contribution in [1.29, 1.82) is 0 Å². The van der Waals surface area contributed by atoms with E-state index in [0.29, 0.717) is 11.1 Å². The molecule has 38 heavy (non-hydrogen) atoms. The lowest BCUT2D eigenvalue weighted by Crippen LogP contribution is -2.37. The SMILES string of the molecule is CNC(=S)NS(=O)(=O)c1cc(CCNC(=O)c2cnc3ccccc3c2)ccc1OCCOCC(F)(F)F. The standard InChI is InChI=1S/C24H25F3N4O5S2/c1-28-23(37)31-38(33,34)21-12-16(6-7-20(21)36-11-10-35-15-24(25,26)27)8-9-29-22(32)18-13-17-4-2-3-5-19(17)30-14-18/h2-7,12-14H,8-11,15H2,1H3,(H,29,32)(H2,28,31,37). The highest BCUT2D eigenvalue weighted by Gasteiger charge is 2.27. The van der Waals surface area contributed by atoms with Crippen LogP contribution in [0.5, 0.6) is 5.75 Å². The van der Waals surface area contributed by atoms with Gasteiger partial charge in [-0.1, -0.05) is 24.3 Å². The summed E-state index contributed by atoms with van der Waals surface area (Å²) < 4.78 is 74.6. The molecule has 0 atom stereocenters. The summed E-state index contributed by atoms with van der Waals surface area (Å²) in [6.45, 7) is -1.97. The fourth-order valence-electron chi connectivity index (χ4n) is 3.28. The molecule has 0 aliphatic heterocycles. The third-order valence-electron chi connectivity index (χ3n) is 5.05. The number of pyridine rings is 1. The second-order valence-corrected chi connectivity index (χ2v) is 9.96. The molecule has 3 N–H and O–H groups in total. The van der Waals surface area contributed by atoms with Crippen LogP contribution in [0.1, 0.15) is 15.9 Å². The highest BCUT2D eigenvalue weighted by molar-refractivity contribution is 7.92. The number of rotatable bonds is 11. The predicted octanol–water partition coefficient (Wildman–Crippen LogP) is 2.95. The monoisotopic (exact) mass is 570 g/mol. The van der Waals surface area contributed by atoms with Gasteiger partial charge in [0.25, 0.3) is 15.9 Å². The molecule has 0 radical (unpaired) electrons. The van der Waals surface area contributed by atoms with Crippen molar-refractivity contribution in [2.45, 2.75) is 17.5 Å². The van der Waals surface area contributed by atoms with E-state index in [1.807, 2.05) is 24.3 Å². The molecule has 1 amide bonds. The van der Waals surface area contributed by atoms with Crippen molar-refractivity contribution in [2.24, 2.45) is 0 Å². The largest absolute Gasteiger partial charge is 0.490 e. The van der Waals surface area contributed by atoms with E-state index < -0.39 is 29.4 Å². The molecule has 0 fully saturated rings. The van der Waals surface area contributed by atoms with Gasteiger partial charge in [-0.25, -0.2) is 8.42 Å². The Bertz CT molecular complexity index is 1400. The number of alkyl halides is 3. The smallest absolute Gasteiger partial charge is 0.411 e. The average Bonchev–Trinajstić information content (AvgIpc) is 2.87. The number of para-hydroxylation sites is 1. The molecular formula is C24H25F3N4O5S2. The summed E-state index contributed by atoms with van der Waals surface area (Å²) in [5, 5.41) is 5.93. The maximum absolute atomic E-state index is 12.9. The van der Waals surface area contributed by atoms with E-state index in [0.717, 1.165) is 10.9 Å². The van der Waals surface area contributed by atoms with Crippen molar-refractivity contribution < 1.29 is 35.9 Å². The van der Waals surface area contributed by atoms with Crippen LogP contribution < -0.4 is 20.1 Å². The number of sulfonamides is 1. The van der Waals surface area contributed by atoms with Crippen LogP contribution >= 0.6 is 12.2 Å². The molecule has 0 unspecified atom stereocenters. The molecule has 0 spiro atoms. The summed E-state index contributed by atoms with van der Waals surface area (Å²) in [5.74, 6) is -0.432. The van der Waals surface area contributed by atoms with Crippen LogP contribution in [0.25, 0.3) is 10.9 Å². The van der Waals surface area contributed by atoms with Gasteiger partial charge in [0.1, 0.15) is 23.9 Å². The van der Waals surface area contributed by atoms with E-state index in [9.17, 15) is 26.4 Å². The van der Waals surface area contributed by atoms with Crippen molar-refractivity contribution in [3.63, 3.8) is 0 Å². The third-order valence-corrected chi connectivity index (χ3v) is 6.86. The molecule has 0 aliphatic carbocycles. The van der Waals surface area contributed by atoms with Gasteiger partial charge in [-0.15, -0.1) is 0 Å². The number of ether oxygens (including phenoxy) is 2. The molecule has 0 aliphatic rings. The van der Waals surface area contributed by atoms with Crippen LogP contribution in [0.2, 0.25) is 0 Å². The number of carbonyl (C=O) groups excluding carboxylic acids is 1. The third kappa shape index (κ3) is 8.53. The molecule has 0 saturated carbocycles. The number of benzene rings is 2. The number of aromatic nitrogens is 1. The Labute approximate surface area is 222 Å². The van der Waals surface area contributed by atoms with Crippen molar-refractivity contribution in [2.75, 3.05) is 33.4 Å². The Balaban J connectivity index is 1.68. The van der Waals surface area contributed by atoms with Gasteiger partial charge in [0.05, 0.1) is 17.7 Å². The molecule has 0 saturated heterocycles. The van der Waals surface area contributed by atoms with Gasteiger partial charge < -0.3 is 20.1 Å². The van der Waals surface area contributed by atoms with Gasteiger partial charge in [-0.05, 0) is 48.5 Å². The van der Waals surface area contributed by atoms with E-state index in [4.69, 9.17) is 17.0 Å². The number of halogens is 3. The van der Waals surface area contributed by atoms with Crippen LogP contribution in [-0.2, 0) is 21.2 Å². The highest BCUT2D eigenvalue weighted by atomic mass is 32.2. The summed E-state index contributed by atoms with van der Waals surface area (Å²) in [5.41, 5.74) is 1.70. The summed E-state index contributed by atoms with van der Waals surface area (Å²) in [6.07, 6.45) is -2.73. The lowest BCUT2D eigenvalue weighted by atomic mass is 10.1. The molecule has 3 rings (SSSR count). The minimum absolute atomic E-state index is 0.0953. The molecule has 204 valence electrons. The zero-order chi connectivity index (χ0) is 27.8. The van der Waals surface area contributed by atoms with E-state index >= 15 is 0 Å². The first kappa shape index (κ1) is 29.1. The Hall–Kier alpha value is -3.49. The molecule has 2 aromatic carbocycles. The summed E-state index contributed by atoms with van der Waals surface area (Å²) in [4.78, 5) is 16.6. The molecule has 1 heterocycles. The minimum atomic E-state index is -4.48. The van der Waals surface area contributed by atoms with Crippen molar-refractivity contribution in [3.05, 3.63) is 65.9 Å². The first-order valence-corrected chi connectivity index (χ1v) is 13.2. The van der Waals surface area contributed by atoms with Gasteiger partial charge in [-0.2, -0.15) is 13.2 Å². The lowest BCUT2D eigenvalue weighted by Gasteiger charge is -2.15. The summed E-state index contributed by atoms with van der Waals surface area (Å²) >= 11 is 4.89. The number of carbonyl (C=O) groups is 1. The Kier molecular flexibility index (Phi) is 9.83. The lowest BCUT2D eigenvalue weighted by molar-refractivity contribution is -0.175. The van der Waals surface area contributed by atoms with Gasteiger partial charge in [0.2, 0.25) is 0 Å². The second-order valence-electron chi connectivity index (χ2n) is 7.90. The van der Waals surface area contributed by atoms with Crippen LogP contribution in [0.4, 0.5) is 13.2 Å². The Morgan fingerprint density at radius 2 is 1.87 bits per heavy atom. The van der Waals surface area contributed by atoms with Crippen molar-refractivity contribution in [3.8, 4) is 5.75 Å². The minimum Gasteiger partial charge on any atom is -0.490 e. The van der Waals surface area contributed by atoms with Gasteiger partial charge in [0.15, 0.2) is 5.11 Å². The topological polar surface area (TPSA) is 119 Å². The first-order chi connectivity index (χ1) is 18.0. The maximum atomic E-state index is 12.9. The number of nitrogens with zero attached hydrogens (tertiary/aromatic N) is 1. The van der Waals surface area contributed by atoms with Crippen molar-refractivity contribution >= 4 is 44.2 Å². The predicted molar refractivity (Wildman–Crippen MR) is 139 cm³/mol. The van der Waals surface area contributed by atoms with Gasteiger partial charge in [-0.3, -0.25) is 14.5 Å². The average molecular weight is 571 g/mol. The van der Waals surface area contributed by atoms with Gasteiger partial charge >= 0.3 is 6.18 Å². The molecule has 9 nitrogen and oxygen atoms in total. The maximum Gasteiger partial charge on any atom is 0.411 e. The van der Waals surface area contributed by atoms with E-state index in [2.05, 4.69) is 25.1 Å². The second kappa shape index (κ2) is 12.8. The number of nitrogens with one attached hydrogen (secondary N) is 3. The van der Waals surface area contributed by atoms with E-state index in [1.165, 1.54) is 25.4 Å². The fraction of sp³-hybridized carbons (Fsp3) is 0.292. The molecule has 14 heteroatoms. The van der Waals surface area contributed by atoms with Crippen LogP contribution in [0, 0.1) is 0 Å². The first-order valence-electron chi connectivity index (χ1n) is 11.3. The molecular weight excluding hydrogens is 545 g/mol. The molecule has 1 aromatic heterocycles. The quantitative estimate of drug-likeness (QED) is 0.238. The van der Waals surface area contributed by atoms with Crippen LogP contribution in [0.3, 0.4) is 0 Å². The van der Waals surface area contributed by atoms with E-state index in [-0.39, 0.29) is 41.2 Å². The van der Waals surface area contributed by atoms with Crippen LogP contribution in [-0.4, -0.2) is 64.0 Å². The summed E-state index contributed by atoms with van der Waals surface area (Å²) in [7, 11) is -2.76. The number of hydrogen-bond acceptors (Lipinski definition) is 7. The number of thiocarbonyl (C=S) groups is 1. The summed E-state index contributed by atoms with van der Waals surface area (Å²) in [6, 6.07) is 13.4. The Morgan fingerprint density at radius 3 is 2.61 bits per heavy atom. The van der Waals surface area contributed by atoms with Gasteiger partial charge in [0, 0.05) is 25.2 Å². The molecule has 0 bridgehead atoms. The van der Waals surface area contributed by atoms with E-state index in [1.54, 1.807) is 12.1 Å². The zero-order valence-corrected chi connectivity index (χ0v) is 21.8. The highest BCUT2D eigenvalue weighted by Crippen LogP contribution is 2.26.